The number of benzene rings is 2. The summed E-state index contributed by atoms with van der Waals surface area (Å²) in [6.45, 7) is 0.894. The zero-order valence-electron chi connectivity index (χ0n) is 19.2. The topological polar surface area (TPSA) is 64.0 Å². The minimum Gasteiger partial charge on any atom is -0.493 e. The summed E-state index contributed by atoms with van der Waals surface area (Å²) < 4.78 is 31.6. The molecule has 0 spiro atoms. The van der Waals surface area contributed by atoms with Crippen LogP contribution in [0.5, 0.6) is 17.2 Å². The van der Waals surface area contributed by atoms with Crippen LogP contribution in [0.2, 0.25) is 10.0 Å². The van der Waals surface area contributed by atoms with Gasteiger partial charge in [0.1, 0.15) is 12.7 Å². The van der Waals surface area contributed by atoms with Gasteiger partial charge in [-0.15, -0.1) is 0 Å². The highest BCUT2D eigenvalue weighted by Gasteiger charge is 2.28. The Kier molecular flexibility index (Phi) is 8.56. The first kappa shape index (κ1) is 24.7. The van der Waals surface area contributed by atoms with Gasteiger partial charge in [-0.25, -0.2) is 4.98 Å². The maximum Gasteiger partial charge on any atom is 0.203 e. The van der Waals surface area contributed by atoms with Crippen molar-refractivity contribution in [3.05, 3.63) is 70.7 Å². The minimum atomic E-state index is -0.401. The molecule has 3 atom stereocenters. The molecule has 4 rings (SSSR count). The monoisotopic (exact) mass is 506 g/mol. The van der Waals surface area contributed by atoms with Gasteiger partial charge in [0.2, 0.25) is 5.75 Å². The van der Waals surface area contributed by atoms with Crippen LogP contribution in [0, 0.1) is 0 Å². The number of para-hydroxylation sites is 1. The van der Waals surface area contributed by atoms with E-state index in [1.54, 1.807) is 32.8 Å². The molecule has 0 N–H and O–H groups in total. The Morgan fingerprint density at radius 3 is 2.59 bits per heavy atom. The summed E-state index contributed by atoms with van der Waals surface area (Å²) in [7, 11) is 3.20. The highest BCUT2D eigenvalue weighted by atomic mass is 35.5. The third-order valence-electron chi connectivity index (χ3n) is 5.67. The summed E-state index contributed by atoms with van der Waals surface area (Å²) in [6.07, 6.45) is 7.09. The normalized spacial score (nSPS) is 18.9. The first-order valence-electron chi connectivity index (χ1n) is 11.1. The van der Waals surface area contributed by atoms with E-state index < -0.39 is 6.29 Å². The number of aromatic nitrogens is 2. The van der Waals surface area contributed by atoms with Gasteiger partial charge < -0.3 is 28.3 Å². The van der Waals surface area contributed by atoms with Crippen molar-refractivity contribution in [1.82, 2.24) is 9.55 Å². The minimum absolute atomic E-state index is 0.136. The Hall–Kier alpha value is -2.45. The van der Waals surface area contributed by atoms with Crippen molar-refractivity contribution in [2.24, 2.45) is 0 Å². The van der Waals surface area contributed by atoms with Crippen LogP contribution in [0.1, 0.15) is 30.9 Å². The van der Waals surface area contributed by atoms with Crippen LogP contribution in [0.25, 0.3) is 0 Å². The second-order valence-corrected chi connectivity index (χ2v) is 8.81. The van der Waals surface area contributed by atoms with Crippen molar-refractivity contribution in [2.75, 3.05) is 20.8 Å². The first-order valence-corrected chi connectivity index (χ1v) is 11.9. The van der Waals surface area contributed by atoms with E-state index in [2.05, 4.69) is 4.98 Å². The fraction of sp³-hybridized carbons (Fsp3) is 0.400. The molecule has 0 aliphatic carbocycles. The summed E-state index contributed by atoms with van der Waals surface area (Å²) >= 11 is 12.6. The number of methoxy groups -OCH3 is 2. The van der Waals surface area contributed by atoms with Crippen molar-refractivity contribution >= 4 is 23.2 Å². The van der Waals surface area contributed by atoms with E-state index in [9.17, 15) is 0 Å². The van der Waals surface area contributed by atoms with Crippen molar-refractivity contribution in [2.45, 2.75) is 44.3 Å². The number of halogens is 2. The van der Waals surface area contributed by atoms with Gasteiger partial charge in [0.05, 0.1) is 33.2 Å². The Morgan fingerprint density at radius 1 is 1.12 bits per heavy atom. The quantitative estimate of drug-likeness (QED) is 0.339. The van der Waals surface area contributed by atoms with E-state index in [-0.39, 0.29) is 12.2 Å². The molecule has 1 aliphatic rings. The van der Waals surface area contributed by atoms with Crippen LogP contribution >= 0.6 is 23.2 Å². The zero-order chi connectivity index (χ0) is 23.9. The van der Waals surface area contributed by atoms with Crippen LogP contribution in [0.3, 0.4) is 0 Å². The molecule has 2 heterocycles. The van der Waals surface area contributed by atoms with Gasteiger partial charge in [0, 0.05) is 28.0 Å². The Balaban J connectivity index is 1.44. The van der Waals surface area contributed by atoms with Crippen molar-refractivity contribution in [1.29, 1.82) is 0 Å². The van der Waals surface area contributed by atoms with Crippen LogP contribution in [0.4, 0.5) is 0 Å². The third kappa shape index (κ3) is 6.16. The lowest BCUT2D eigenvalue weighted by molar-refractivity contribution is -0.223. The average Bonchev–Trinajstić information content (AvgIpc) is 3.35. The van der Waals surface area contributed by atoms with Gasteiger partial charge in [-0.1, -0.05) is 35.3 Å². The summed E-state index contributed by atoms with van der Waals surface area (Å²) in [5.74, 6) is 1.78. The fourth-order valence-corrected chi connectivity index (χ4v) is 4.50. The van der Waals surface area contributed by atoms with Crippen LogP contribution in [-0.4, -0.2) is 42.8 Å². The van der Waals surface area contributed by atoms with Crippen molar-refractivity contribution < 1.29 is 23.7 Å². The smallest absolute Gasteiger partial charge is 0.203 e. The summed E-state index contributed by atoms with van der Waals surface area (Å²) in [5.41, 5.74) is 0.848. The van der Waals surface area contributed by atoms with Gasteiger partial charge in [-0.05, 0) is 43.5 Å². The predicted molar refractivity (Wildman–Crippen MR) is 130 cm³/mol. The molecule has 3 aromatic rings. The van der Waals surface area contributed by atoms with E-state index in [1.165, 1.54) is 0 Å². The lowest BCUT2D eigenvalue weighted by atomic mass is 10.1. The maximum atomic E-state index is 6.51. The second kappa shape index (κ2) is 11.8. The number of imidazole rings is 1. The van der Waals surface area contributed by atoms with E-state index in [1.807, 2.05) is 41.1 Å². The maximum absolute atomic E-state index is 6.51. The van der Waals surface area contributed by atoms with Crippen molar-refractivity contribution in [3.8, 4) is 17.2 Å². The van der Waals surface area contributed by atoms with Gasteiger partial charge in [-0.3, -0.25) is 0 Å². The largest absolute Gasteiger partial charge is 0.493 e. The molecule has 0 radical (unpaired) electrons. The fourth-order valence-electron chi connectivity index (χ4n) is 3.97. The highest BCUT2D eigenvalue weighted by Crippen LogP contribution is 2.38. The Morgan fingerprint density at radius 2 is 1.91 bits per heavy atom. The number of hydrogen-bond donors (Lipinski definition) is 0. The molecule has 1 fully saturated rings. The molecule has 0 bridgehead atoms. The van der Waals surface area contributed by atoms with E-state index in [0.29, 0.717) is 40.4 Å². The molecule has 0 amide bonds. The number of hydrogen-bond acceptors (Lipinski definition) is 6. The first-order chi connectivity index (χ1) is 16.6. The summed E-state index contributed by atoms with van der Waals surface area (Å²) in [6, 6.07) is 11.0. The molecular formula is C25H28Cl2N2O5. The van der Waals surface area contributed by atoms with Gasteiger partial charge in [-0.2, -0.15) is 0 Å². The third-order valence-corrected chi connectivity index (χ3v) is 6.23. The van der Waals surface area contributed by atoms with E-state index in [0.717, 1.165) is 24.8 Å². The molecule has 7 nitrogen and oxygen atoms in total. The van der Waals surface area contributed by atoms with Gasteiger partial charge >= 0.3 is 0 Å². The van der Waals surface area contributed by atoms with Crippen LogP contribution in [-0.2, 0) is 16.0 Å². The van der Waals surface area contributed by atoms with Gasteiger partial charge in [0.15, 0.2) is 17.8 Å². The molecule has 9 heteroatoms. The molecule has 182 valence electrons. The lowest BCUT2D eigenvalue weighted by Crippen LogP contribution is -2.35. The molecule has 1 saturated heterocycles. The molecule has 34 heavy (non-hydrogen) atoms. The molecule has 0 saturated carbocycles. The molecule has 1 aromatic heterocycles. The number of nitrogens with zero attached hydrogens (tertiary/aromatic N) is 2. The Bertz CT molecular complexity index is 1040. The number of ether oxygens (including phenoxy) is 5. The molecule has 1 aliphatic heterocycles. The second-order valence-electron chi connectivity index (χ2n) is 7.97. The summed E-state index contributed by atoms with van der Waals surface area (Å²) in [4.78, 5) is 4.13. The van der Waals surface area contributed by atoms with Crippen LogP contribution in [0.15, 0.2) is 55.1 Å². The van der Waals surface area contributed by atoms with Gasteiger partial charge in [0.25, 0.3) is 0 Å². The number of rotatable bonds is 10. The van der Waals surface area contributed by atoms with Crippen LogP contribution < -0.4 is 14.2 Å². The molecular weight excluding hydrogens is 479 g/mol. The van der Waals surface area contributed by atoms with E-state index >= 15 is 0 Å². The van der Waals surface area contributed by atoms with Crippen molar-refractivity contribution in [3.63, 3.8) is 0 Å². The SMILES string of the molecule is COc1cccc(OC)c1OCC1CCCC(OC(Cn2ccnc2)c2ccc(Cl)cc2Cl)O1. The predicted octanol–water partition coefficient (Wildman–Crippen LogP) is 5.94. The highest BCUT2D eigenvalue weighted by molar-refractivity contribution is 6.35. The molecule has 3 unspecified atom stereocenters. The Labute approximate surface area is 209 Å². The zero-order valence-corrected chi connectivity index (χ0v) is 20.7. The summed E-state index contributed by atoms with van der Waals surface area (Å²) in [5, 5.41) is 1.13. The lowest BCUT2D eigenvalue weighted by Gasteiger charge is -2.33. The average molecular weight is 507 g/mol. The van der Waals surface area contributed by atoms with E-state index in [4.69, 9.17) is 46.9 Å². The molecule has 2 aromatic carbocycles. The standard InChI is InChI=1S/C25H28Cl2N2O5/c1-30-21-6-4-7-22(31-2)25(21)32-15-18-5-3-8-24(33-18)34-23(14-29-12-11-28-16-29)19-10-9-17(26)13-20(19)27/h4,6-7,9-13,16,18,23-24H,3,5,8,14-15H2,1-2H3.